The van der Waals surface area contributed by atoms with Crippen molar-refractivity contribution < 1.29 is 27.8 Å². The predicted molar refractivity (Wildman–Crippen MR) is 42.6 cm³/mol. The smallest absolute Gasteiger partial charge is 0.476 e. The minimum absolute atomic E-state index is 0.232. The molecule has 0 spiro atoms. The fraction of sp³-hybridized carbons (Fsp3) is 0.125. The summed E-state index contributed by atoms with van der Waals surface area (Å²) in [7, 11) is 0. The lowest BCUT2D eigenvalue weighted by Gasteiger charge is -2.10. The van der Waals surface area contributed by atoms with Crippen molar-refractivity contribution in [2.75, 3.05) is 0 Å². The number of carbonyl (C=O) groups is 1. The van der Waals surface area contributed by atoms with Crippen molar-refractivity contribution in [2.24, 2.45) is 0 Å². The summed E-state index contributed by atoms with van der Waals surface area (Å²) >= 11 is 0. The number of pyridine rings is 1. The topological polar surface area (TPSA) is 83.2 Å². The molecule has 1 heterocycles. The van der Waals surface area contributed by atoms with Crippen LogP contribution in [0.5, 0.6) is 5.75 Å². The summed E-state index contributed by atoms with van der Waals surface area (Å²) in [6.45, 7) is 0. The number of alkyl halides is 3. The summed E-state index contributed by atoms with van der Waals surface area (Å²) < 4.78 is 39.1. The van der Waals surface area contributed by atoms with Crippen molar-refractivity contribution in [3.05, 3.63) is 23.5 Å². The fourth-order valence-corrected chi connectivity index (χ4v) is 0.869. The standard InChI is InChI=1S/C8H3F3N2O3/c9-8(10,11)16-5-1-4(2-12)3-13-6(5)7(14)15/h1,3H,(H,14,15). The zero-order valence-corrected chi connectivity index (χ0v) is 7.45. The van der Waals surface area contributed by atoms with Gasteiger partial charge in [-0.05, 0) is 0 Å². The maximum Gasteiger partial charge on any atom is 0.573 e. The van der Waals surface area contributed by atoms with E-state index in [1.54, 1.807) is 0 Å². The first-order valence-corrected chi connectivity index (χ1v) is 3.72. The minimum Gasteiger partial charge on any atom is -0.476 e. The number of nitrogens with zero attached hydrogens (tertiary/aromatic N) is 2. The highest BCUT2D eigenvalue weighted by Gasteiger charge is 2.33. The molecule has 0 amide bonds. The van der Waals surface area contributed by atoms with Gasteiger partial charge in [0.2, 0.25) is 0 Å². The van der Waals surface area contributed by atoms with Gasteiger partial charge in [-0.2, -0.15) is 5.26 Å². The first kappa shape index (κ1) is 11.8. The molecule has 0 saturated carbocycles. The minimum atomic E-state index is -5.04. The quantitative estimate of drug-likeness (QED) is 0.836. The Kier molecular flexibility index (Phi) is 2.99. The van der Waals surface area contributed by atoms with E-state index in [1.807, 2.05) is 0 Å². The predicted octanol–water partition coefficient (Wildman–Crippen LogP) is 1.55. The lowest BCUT2D eigenvalue weighted by molar-refractivity contribution is -0.274. The summed E-state index contributed by atoms with van der Waals surface area (Å²) in [5, 5.41) is 16.9. The number of carboxylic acid groups (broad SMARTS) is 1. The fourth-order valence-electron chi connectivity index (χ4n) is 0.869. The van der Waals surface area contributed by atoms with Crippen LogP contribution >= 0.6 is 0 Å². The third-order valence-electron chi connectivity index (χ3n) is 1.41. The molecule has 8 heteroatoms. The molecule has 0 bridgehead atoms. The van der Waals surface area contributed by atoms with Gasteiger partial charge < -0.3 is 9.84 Å². The van der Waals surface area contributed by atoms with Crippen LogP contribution in [0.1, 0.15) is 16.1 Å². The van der Waals surface area contributed by atoms with Crippen molar-refractivity contribution >= 4 is 5.97 Å². The summed E-state index contributed by atoms with van der Waals surface area (Å²) in [5.74, 6) is -2.69. The number of ether oxygens (including phenoxy) is 1. The van der Waals surface area contributed by atoms with Crippen LogP contribution in [0.25, 0.3) is 0 Å². The van der Waals surface area contributed by atoms with E-state index in [-0.39, 0.29) is 5.56 Å². The van der Waals surface area contributed by atoms with Gasteiger partial charge in [-0.15, -0.1) is 13.2 Å². The Balaban J connectivity index is 3.22. The number of rotatable bonds is 2. The molecule has 0 aliphatic carbocycles. The van der Waals surface area contributed by atoms with Gasteiger partial charge in [-0.1, -0.05) is 0 Å². The first-order valence-electron chi connectivity index (χ1n) is 3.72. The van der Waals surface area contributed by atoms with Gasteiger partial charge in [0, 0.05) is 12.3 Å². The zero-order chi connectivity index (χ0) is 12.3. The van der Waals surface area contributed by atoms with Crippen molar-refractivity contribution in [3.63, 3.8) is 0 Å². The third kappa shape index (κ3) is 2.84. The van der Waals surface area contributed by atoms with E-state index in [1.165, 1.54) is 6.07 Å². The van der Waals surface area contributed by atoms with E-state index >= 15 is 0 Å². The molecule has 1 rings (SSSR count). The molecule has 0 aliphatic heterocycles. The van der Waals surface area contributed by atoms with Crippen LogP contribution in [0, 0.1) is 11.3 Å². The molecular weight excluding hydrogens is 229 g/mol. The van der Waals surface area contributed by atoms with Gasteiger partial charge in [0.25, 0.3) is 0 Å². The van der Waals surface area contributed by atoms with Crippen LogP contribution < -0.4 is 4.74 Å². The molecule has 84 valence electrons. The highest BCUT2D eigenvalue weighted by molar-refractivity contribution is 5.88. The monoisotopic (exact) mass is 232 g/mol. The third-order valence-corrected chi connectivity index (χ3v) is 1.41. The Labute approximate surface area is 86.7 Å². The van der Waals surface area contributed by atoms with Crippen molar-refractivity contribution in [3.8, 4) is 11.8 Å². The van der Waals surface area contributed by atoms with Crippen molar-refractivity contribution in [1.29, 1.82) is 5.26 Å². The number of nitriles is 1. The average Bonchev–Trinajstić information content (AvgIpc) is 2.14. The molecule has 16 heavy (non-hydrogen) atoms. The molecule has 0 saturated heterocycles. The maximum absolute atomic E-state index is 11.9. The summed E-state index contributed by atoms with van der Waals surface area (Å²) in [4.78, 5) is 13.7. The Morgan fingerprint density at radius 3 is 2.62 bits per heavy atom. The van der Waals surface area contributed by atoms with Crippen LogP contribution in [0.15, 0.2) is 12.3 Å². The lowest BCUT2D eigenvalue weighted by Crippen LogP contribution is -2.19. The van der Waals surface area contributed by atoms with E-state index in [0.29, 0.717) is 6.07 Å². The summed E-state index contributed by atoms with van der Waals surface area (Å²) in [6, 6.07) is 2.17. The average molecular weight is 232 g/mol. The maximum atomic E-state index is 11.9. The normalized spacial score (nSPS) is 10.6. The van der Waals surface area contributed by atoms with Gasteiger partial charge in [-0.3, -0.25) is 0 Å². The molecular formula is C8H3F3N2O3. The van der Waals surface area contributed by atoms with Crippen LogP contribution in [-0.4, -0.2) is 22.4 Å². The number of halogens is 3. The molecule has 1 N–H and O–H groups in total. The van der Waals surface area contributed by atoms with E-state index in [2.05, 4.69) is 9.72 Å². The number of aromatic carboxylic acids is 1. The van der Waals surface area contributed by atoms with E-state index in [9.17, 15) is 18.0 Å². The second kappa shape index (κ2) is 4.06. The molecule has 5 nitrogen and oxygen atoms in total. The van der Waals surface area contributed by atoms with E-state index < -0.39 is 23.8 Å². The first-order chi connectivity index (χ1) is 7.33. The second-order valence-electron chi connectivity index (χ2n) is 2.54. The molecule has 0 aromatic carbocycles. The Morgan fingerprint density at radius 1 is 1.56 bits per heavy atom. The van der Waals surface area contributed by atoms with Crippen molar-refractivity contribution in [1.82, 2.24) is 4.98 Å². The SMILES string of the molecule is N#Cc1cnc(C(=O)O)c(OC(F)(F)F)c1. The Morgan fingerprint density at radius 2 is 2.19 bits per heavy atom. The van der Waals surface area contributed by atoms with Crippen LogP contribution in [0.3, 0.4) is 0 Å². The highest BCUT2D eigenvalue weighted by Crippen LogP contribution is 2.25. The number of carboxylic acids is 1. The number of aromatic nitrogens is 1. The van der Waals surface area contributed by atoms with Gasteiger partial charge in [0.05, 0.1) is 5.56 Å². The van der Waals surface area contributed by atoms with Gasteiger partial charge >= 0.3 is 12.3 Å². The molecule has 1 aromatic rings. The highest BCUT2D eigenvalue weighted by atomic mass is 19.4. The summed E-state index contributed by atoms with van der Waals surface area (Å²) in [6.07, 6.45) is -4.20. The van der Waals surface area contributed by atoms with E-state index in [0.717, 1.165) is 6.20 Å². The lowest BCUT2D eigenvalue weighted by atomic mass is 10.2. The van der Waals surface area contributed by atoms with Crippen molar-refractivity contribution in [2.45, 2.75) is 6.36 Å². The molecule has 0 radical (unpaired) electrons. The Bertz CT molecular complexity index is 465. The molecule has 0 atom stereocenters. The van der Waals surface area contributed by atoms with Crippen LogP contribution in [0.4, 0.5) is 13.2 Å². The molecule has 0 unspecified atom stereocenters. The van der Waals surface area contributed by atoms with Gasteiger partial charge in [-0.25, -0.2) is 9.78 Å². The van der Waals surface area contributed by atoms with Gasteiger partial charge in [0.1, 0.15) is 6.07 Å². The number of hydrogen-bond acceptors (Lipinski definition) is 4. The molecule has 0 fully saturated rings. The Hall–Kier alpha value is -2.30. The second-order valence-corrected chi connectivity index (χ2v) is 2.54. The molecule has 1 aromatic heterocycles. The largest absolute Gasteiger partial charge is 0.573 e. The van der Waals surface area contributed by atoms with Gasteiger partial charge in [0.15, 0.2) is 11.4 Å². The molecule has 0 aliphatic rings. The van der Waals surface area contributed by atoms with Crippen LogP contribution in [0.2, 0.25) is 0 Å². The van der Waals surface area contributed by atoms with Crippen LogP contribution in [-0.2, 0) is 0 Å². The number of hydrogen-bond donors (Lipinski definition) is 1. The zero-order valence-electron chi connectivity index (χ0n) is 7.45. The van der Waals surface area contributed by atoms with E-state index in [4.69, 9.17) is 10.4 Å². The summed E-state index contributed by atoms with van der Waals surface area (Å²) in [5.41, 5.74) is -1.14.